The van der Waals surface area contributed by atoms with E-state index in [0.29, 0.717) is 22.0 Å². The number of benzene rings is 1. The second kappa shape index (κ2) is 6.24. The molecule has 2 aromatic heterocycles. The van der Waals surface area contributed by atoms with E-state index in [1.165, 1.54) is 24.5 Å². The number of nitrogens with zero attached hydrogens (tertiary/aromatic N) is 3. The van der Waals surface area contributed by atoms with Crippen molar-refractivity contribution in [2.24, 2.45) is 0 Å². The molecule has 0 bridgehead atoms. The van der Waals surface area contributed by atoms with Crippen LogP contribution in [0.25, 0.3) is 11.0 Å². The molecule has 5 nitrogen and oxygen atoms in total. The first kappa shape index (κ1) is 15.3. The molecule has 3 rings (SSSR count). The van der Waals surface area contributed by atoms with E-state index in [2.05, 4.69) is 4.98 Å². The molecule has 114 valence electrons. The Labute approximate surface area is 141 Å². The lowest BCUT2D eigenvalue weighted by molar-refractivity contribution is 0.103. The van der Waals surface area contributed by atoms with Gasteiger partial charge in [0.15, 0.2) is 10.1 Å². The Morgan fingerprint density at radius 3 is 3.09 bits per heavy atom. The van der Waals surface area contributed by atoms with Gasteiger partial charge < -0.3 is 4.74 Å². The summed E-state index contributed by atoms with van der Waals surface area (Å²) in [5.74, 6) is 0.156. The first-order valence-corrected chi connectivity index (χ1v) is 7.81. The van der Waals surface area contributed by atoms with E-state index in [0.717, 1.165) is 0 Å². The lowest BCUT2D eigenvalue weighted by Crippen LogP contribution is -2.02. The van der Waals surface area contributed by atoms with Crippen molar-refractivity contribution < 1.29 is 9.53 Å². The van der Waals surface area contributed by atoms with Gasteiger partial charge in [-0.3, -0.25) is 9.20 Å². The van der Waals surface area contributed by atoms with E-state index in [1.807, 2.05) is 11.4 Å². The standard InChI is InChI=1S/C16H10ClN3O2S/c1-22-12-4-2-3-10(7-12)14(21)11(9-18)8-13-15(17)19-16-20(13)5-6-23-16/h2-8H,1H3/b11-8+. The van der Waals surface area contributed by atoms with Gasteiger partial charge in [-0.1, -0.05) is 23.7 Å². The molecule has 0 aliphatic heterocycles. The van der Waals surface area contributed by atoms with Crippen molar-refractivity contribution in [2.45, 2.75) is 0 Å². The number of rotatable bonds is 4. The third-order valence-corrected chi connectivity index (χ3v) is 4.27. The predicted octanol–water partition coefficient (Wildman–Crippen LogP) is 3.85. The first-order valence-electron chi connectivity index (χ1n) is 6.55. The minimum absolute atomic E-state index is 0.0202. The van der Waals surface area contributed by atoms with Crippen molar-refractivity contribution in [2.75, 3.05) is 7.11 Å². The number of nitriles is 1. The van der Waals surface area contributed by atoms with E-state index in [9.17, 15) is 10.1 Å². The molecule has 0 atom stereocenters. The van der Waals surface area contributed by atoms with E-state index < -0.39 is 5.78 Å². The third-order valence-electron chi connectivity index (χ3n) is 3.23. The molecule has 0 saturated heterocycles. The van der Waals surface area contributed by atoms with Gasteiger partial charge >= 0.3 is 0 Å². The molecule has 0 N–H and O–H groups in total. The summed E-state index contributed by atoms with van der Waals surface area (Å²) in [6.07, 6.45) is 3.24. The van der Waals surface area contributed by atoms with Crippen LogP contribution in [0.1, 0.15) is 16.1 Å². The summed E-state index contributed by atoms with van der Waals surface area (Å²) in [7, 11) is 1.52. The number of halogens is 1. The highest BCUT2D eigenvalue weighted by Gasteiger charge is 2.16. The molecule has 23 heavy (non-hydrogen) atoms. The zero-order chi connectivity index (χ0) is 16.4. The molecule has 0 fully saturated rings. The predicted molar refractivity (Wildman–Crippen MR) is 89.0 cm³/mol. The number of ketones is 1. The van der Waals surface area contributed by atoms with Crippen LogP contribution in [-0.4, -0.2) is 22.3 Å². The van der Waals surface area contributed by atoms with Gasteiger partial charge in [-0.05, 0) is 18.2 Å². The smallest absolute Gasteiger partial charge is 0.203 e. The molecule has 0 aliphatic carbocycles. The Morgan fingerprint density at radius 2 is 2.35 bits per heavy atom. The average molecular weight is 344 g/mol. The largest absolute Gasteiger partial charge is 0.497 e. The molecule has 7 heteroatoms. The van der Waals surface area contributed by atoms with Crippen LogP contribution in [0.5, 0.6) is 5.75 Å². The lowest BCUT2D eigenvalue weighted by atomic mass is 10.0. The molecule has 0 aliphatic rings. The highest BCUT2D eigenvalue weighted by atomic mass is 35.5. The van der Waals surface area contributed by atoms with Gasteiger partial charge in [0, 0.05) is 17.1 Å². The summed E-state index contributed by atoms with van der Waals surface area (Å²) in [6.45, 7) is 0. The number of hydrogen-bond donors (Lipinski definition) is 0. The number of aromatic nitrogens is 2. The number of carbonyl (C=O) groups is 1. The summed E-state index contributed by atoms with van der Waals surface area (Å²) in [5, 5.41) is 11.5. The lowest BCUT2D eigenvalue weighted by Gasteiger charge is -2.03. The fourth-order valence-corrected chi connectivity index (χ4v) is 3.11. The second-order valence-electron chi connectivity index (χ2n) is 4.57. The fourth-order valence-electron chi connectivity index (χ4n) is 2.11. The maximum absolute atomic E-state index is 12.5. The summed E-state index contributed by atoms with van der Waals surface area (Å²) in [4.78, 5) is 17.4. The monoisotopic (exact) mass is 343 g/mol. The van der Waals surface area contributed by atoms with Gasteiger partial charge in [-0.15, -0.1) is 11.3 Å². The minimum atomic E-state index is -0.396. The van der Waals surface area contributed by atoms with Crippen LogP contribution in [0.2, 0.25) is 5.15 Å². The number of hydrogen-bond acceptors (Lipinski definition) is 5. The molecular formula is C16H10ClN3O2S. The normalized spacial score (nSPS) is 11.4. The summed E-state index contributed by atoms with van der Waals surface area (Å²) >= 11 is 7.52. The van der Waals surface area contributed by atoms with Gasteiger partial charge in [0.1, 0.15) is 17.4 Å². The third kappa shape index (κ3) is 2.84. The van der Waals surface area contributed by atoms with Crippen molar-refractivity contribution in [3.05, 3.63) is 57.8 Å². The van der Waals surface area contributed by atoms with Gasteiger partial charge in [0.05, 0.1) is 12.8 Å². The van der Waals surface area contributed by atoms with Gasteiger partial charge in [-0.25, -0.2) is 4.98 Å². The number of fused-ring (bicyclic) bond motifs is 1. The molecule has 1 aromatic carbocycles. The van der Waals surface area contributed by atoms with E-state index in [1.54, 1.807) is 34.9 Å². The zero-order valence-corrected chi connectivity index (χ0v) is 13.6. The first-order chi connectivity index (χ1) is 11.1. The van der Waals surface area contributed by atoms with Crippen LogP contribution in [0.3, 0.4) is 0 Å². The summed E-state index contributed by atoms with van der Waals surface area (Å²) in [5.41, 5.74) is 0.864. The Bertz CT molecular complexity index is 965. The zero-order valence-electron chi connectivity index (χ0n) is 12.0. The maximum Gasteiger partial charge on any atom is 0.203 e. The maximum atomic E-state index is 12.5. The number of imidazole rings is 1. The van der Waals surface area contributed by atoms with Crippen molar-refractivity contribution in [1.29, 1.82) is 5.26 Å². The molecule has 0 spiro atoms. The van der Waals surface area contributed by atoms with E-state index in [4.69, 9.17) is 16.3 Å². The minimum Gasteiger partial charge on any atom is -0.497 e. The van der Waals surface area contributed by atoms with Crippen LogP contribution in [0.15, 0.2) is 41.4 Å². The number of carbonyl (C=O) groups excluding carboxylic acids is 1. The molecule has 0 saturated carbocycles. The van der Waals surface area contributed by atoms with Crippen LogP contribution in [-0.2, 0) is 0 Å². The topological polar surface area (TPSA) is 67.4 Å². The Kier molecular flexibility index (Phi) is 4.15. The molecule has 0 radical (unpaired) electrons. The molecule has 2 heterocycles. The number of allylic oxidation sites excluding steroid dienone is 1. The van der Waals surface area contributed by atoms with Crippen LogP contribution in [0, 0.1) is 11.3 Å². The number of Topliss-reactive ketones (excluding diaryl/α,β-unsaturated/α-hetero) is 1. The number of thiazole rings is 1. The van der Waals surface area contributed by atoms with Crippen molar-refractivity contribution in [3.63, 3.8) is 0 Å². The van der Waals surface area contributed by atoms with Crippen molar-refractivity contribution in [1.82, 2.24) is 9.38 Å². The van der Waals surface area contributed by atoms with Crippen LogP contribution >= 0.6 is 22.9 Å². The molecule has 0 amide bonds. The molecule has 0 unspecified atom stereocenters. The Morgan fingerprint density at radius 1 is 1.52 bits per heavy atom. The van der Waals surface area contributed by atoms with Crippen molar-refractivity contribution in [3.8, 4) is 11.8 Å². The highest BCUT2D eigenvalue weighted by molar-refractivity contribution is 7.15. The summed E-state index contributed by atoms with van der Waals surface area (Å²) < 4.78 is 6.84. The summed E-state index contributed by atoms with van der Waals surface area (Å²) in [6, 6.07) is 8.59. The van der Waals surface area contributed by atoms with Crippen LogP contribution in [0.4, 0.5) is 0 Å². The fraction of sp³-hybridized carbons (Fsp3) is 0.0625. The van der Waals surface area contributed by atoms with Crippen molar-refractivity contribution >= 4 is 39.8 Å². The Balaban J connectivity index is 2.05. The number of methoxy groups -OCH3 is 1. The van der Waals surface area contributed by atoms with Gasteiger partial charge in [0.25, 0.3) is 0 Å². The van der Waals surface area contributed by atoms with E-state index >= 15 is 0 Å². The highest BCUT2D eigenvalue weighted by Crippen LogP contribution is 2.24. The van der Waals surface area contributed by atoms with Crippen LogP contribution < -0.4 is 4.74 Å². The number of ether oxygens (including phenoxy) is 1. The Hall–Kier alpha value is -2.62. The molecule has 3 aromatic rings. The second-order valence-corrected chi connectivity index (χ2v) is 5.81. The average Bonchev–Trinajstić information content (AvgIpc) is 3.13. The molecular weight excluding hydrogens is 334 g/mol. The SMILES string of the molecule is COc1cccc(C(=O)/C(C#N)=C/c2c(Cl)nc3sccn23)c1. The van der Waals surface area contributed by atoms with Gasteiger partial charge in [-0.2, -0.15) is 5.26 Å². The van der Waals surface area contributed by atoms with Gasteiger partial charge in [0.2, 0.25) is 5.78 Å². The van der Waals surface area contributed by atoms with E-state index in [-0.39, 0.29) is 10.7 Å². The quantitative estimate of drug-likeness (QED) is 0.410.